The van der Waals surface area contributed by atoms with Crippen molar-refractivity contribution >= 4 is 35.3 Å². The van der Waals surface area contributed by atoms with Crippen molar-refractivity contribution < 1.29 is 28.8 Å². The molecule has 4 unspecified atom stereocenters. The summed E-state index contributed by atoms with van der Waals surface area (Å²) < 4.78 is 0. The van der Waals surface area contributed by atoms with Crippen LogP contribution >= 0.6 is 0 Å². The number of likely N-dealkylation sites (N-methyl/N-ethyl adjacent to an activating group) is 1. The smallest absolute Gasteiger partial charge is 0.290 e. The lowest BCUT2D eigenvalue weighted by Crippen LogP contribution is -2.56. The van der Waals surface area contributed by atoms with Gasteiger partial charge in [-0.3, -0.25) is 28.8 Å². The Morgan fingerprint density at radius 2 is 1.59 bits per heavy atom. The van der Waals surface area contributed by atoms with Gasteiger partial charge in [-0.15, -0.1) is 0 Å². The van der Waals surface area contributed by atoms with E-state index < -0.39 is 54.2 Å². The van der Waals surface area contributed by atoms with Gasteiger partial charge in [0.05, 0.1) is 18.6 Å². The number of rotatable bonds is 13. The lowest BCUT2D eigenvalue weighted by molar-refractivity contribution is -0.143. The molecule has 5 amide bonds. The SMILES string of the molecule is CN(C)C(=O)C(NC(=O)CNC(=O)C(=O)C(CC1CC1)NC(=O)C1CCCN1C(=O)C(N)C1CCCCC1)c1ccccc1. The van der Waals surface area contributed by atoms with Crippen molar-refractivity contribution in [1.82, 2.24) is 25.8 Å². The van der Waals surface area contributed by atoms with Crippen LogP contribution in [0.5, 0.6) is 0 Å². The molecule has 1 saturated heterocycles. The van der Waals surface area contributed by atoms with E-state index in [2.05, 4.69) is 16.0 Å². The fourth-order valence-corrected chi connectivity index (χ4v) is 6.19. The van der Waals surface area contributed by atoms with Gasteiger partial charge in [0.25, 0.3) is 5.91 Å². The summed E-state index contributed by atoms with van der Waals surface area (Å²) in [5.74, 6) is -3.23. The molecule has 1 aliphatic heterocycles. The van der Waals surface area contributed by atoms with Crippen molar-refractivity contribution in [2.45, 2.75) is 88.4 Å². The van der Waals surface area contributed by atoms with E-state index in [1.54, 1.807) is 44.4 Å². The molecule has 3 fully saturated rings. The van der Waals surface area contributed by atoms with E-state index in [0.717, 1.165) is 44.9 Å². The number of nitrogens with one attached hydrogen (secondary N) is 3. The Morgan fingerprint density at radius 1 is 0.909 bits per heavy atom. The first-order chi connectivity index (χ1) is 21.1. The molecule has 0 bridgehead atoms. The molecule has 240 valence electrons. The minimum Gasteiger partial charge on any atom is -0.347 e. The highest BCUT2D eigenvalue weighted by Crippen LogP contribution is 2.34. The quantitative estimate of drug-likeness (QED) is 0.239. The minimum atomic E-state index is -1.07. The monoisotopic (exact) mass is 610 g/mol. The Hall–Kier alpha value is -3.80. The lowest BCUT2D eigenvalue weighted by Gasteiger charge is -2.32. The van der Waals surface area contributed by atoms with Gasteiger partial charge in [0.1, 0.15) is 12.1 Å². The zero-order valence-corrected chi connectivity index (χ0v) is 25.8. The zero-order valence-electron chi connectivity index (χ0n) is 25.8. The van der Waals surface area contributed by atoms with Gasteiger partial charge >= 0.3 is 0 Å². The average molecular weight is 611 g/mol. The van der Waals surface area contributed by atoms with Crippen LogP contribution in [-0.2, 0) is 28.8 Å². The summed E-state index contributed by atoms with van der Waals surface area (Å²) in [6.07, 6.45) is 8.26. The summed E-state index contributed by atoms with van der Waals surface area (Å²) in [5.41, 5.74) is 6.94. The molecule has 0 spiro atoms. The Kier molecular flexibility index (Phi) is 11.5. The first kappa shape index (κ1) is 33.1. The highest BCUT2D eigenvalue weighted by molar-refractivity contribution is 6.38. The number of carbonyl (C=O) groups is 6. The van der Waals surface area contributed by atoms with Crippen LogP contribution in [-0.4, -0.2) is 90.4 Å². The molecule has 44 heavy (non-hydrogen) atoms. The third-order valence-corrected chi connectivity index (χ3v) is 8.94. The first-order valence-corrected chi connectivity index (χ1v) is 15.8. The lowest BCUT2D eigenvalue weighted by atomic mass is 9.83. The molecule has 1 heterocycles. The summed E-state index contributed by atoms with van der Waals surface area (Å²) in [4.78, 5) is 81.2. The number of ketones is 1. The highest BCUT2D eigenvalue weighted by atomic mass is 16.2. The molecule has 1 aromatic carbocycles. The van der Waals surface area contributed by atoms with Crippen molar-refractivity contribution in [3.05, 3.63) is 35.9 Å². The van der Waals surface area contributed by atoms with E-state index in [1.165, 1.54) is 9.80 Å². The largest absolute Gasteiger partial charge is 0.347 e. The van der Waals surface area contributed by atoms with E-state index in [-0.39, 0.29) is 23.7 Å². The number of benzene rings is 1. The normalized spacial score (nSPS) is 20.6. The molecule has 3 aliphatic rings. The summed E-state index contributed by atoms with van der Waals surface area (Å²) in [6.45, 7) is -0.100. The second-order valence-electron chi connectivity index (χ2n) is 12.5. The molecule has 5 N–H and O–H groups in total. The van der Waals surface area contributed by atoms with E-state index in [0.29, 0.717) is 31.4 Å². The topological polar surface area (TPSA) is 171 Å². The Morgan fingerprint density at radius 3 is 2.23 bits per heavy atom. The summed E-state index contributed by atoms with van der Waals surface area (Å²) >= 11 is 0. The Labute approximate surface area is 258 Å². The number of nitrogens with two attached hydrogens (primary N) is 1. The van der Waals surface area contributed by atoms with Crippen molar-refractivity contribution in [2.24, 2.45) is 17.6 Å². The summed E-state index contributed by atoms with van der Waals surface area (Å²) in [6, 6.07) is 5.27. The zero-order chi connectivity index (χ0) is 31.8. The molecule has 12 nitrogen and oxygen atoms in total. The number of Topliss-reactive ketones (excluding diaryl/α,β-unsaturated/α-hetero) is 1. The third-order valence-electron chi connectivity index (χ3n) is 8.94. The number of carbonyl (C=O) groups excluding carboxylic acids is 6. The van der Waals surface area contributed by atoms with E-state index in [1.807, 2.05) is 0 Å². The predicted molar refractivity (Wildman–Crippen MR) is 163 cm³/mol. The van der Waals surface area contributed by atoms with Gasteiger partial charge in [-0.2, -0.15) is 0 Å². The molecule has 4 atom stereocenters. The van der Waals surface area contributed by atoms with E-state index in [9.17, 15) is 28.8 Å². The number of hydrogen-bond acceptors (Lipinski definition) is 7. The van der Waals surface area contributed by atoms with Gasteiger partial charge in [-0.1, -0.05) is 62.4 Å². The second kappa shape index (κ2) is 15.3. The van der Waals surface area contributed by atoms with Gasteiger partial charge in [0, 0.05) is 20.6 Å². The molecule has 0 aromatic heterocycles. The standard InChI is InChI=1S/C32H46N6O6/c1-37(2)32(44)27(22-12-7-4-8-13-22)36-25(39)19-34-30(42)28(40)23(18-20-15-16-20)35-29(41)24-14-9-17-38(24)31(43)26(33)21-10-5-3-6-11-21/h4,7-8,12-13,20-21,23-24,26-27H,3,5-6,9-11,14-19,33H2,1-2H3,(H,34,42)(H,35,41)(H,36,39). The number of amides is 5. The maximum Gasteiger partial charge on any atom is 0.290 e. The molecule has 1 aromatic rings. The van der Waals surface area contributed by atoms with Crippen LogP contribution < -0.4 is 21.7 Å². The van der Waals surface area contributed by atoms with Crippen molar-refractivity contribution in [1.29, 1.82) is 0 Å². The van der Waals surface area contributed by atoms with Gasteiger partial charge in [0.15, 0.2) is 0 Å². The van der Waals surface area contributed by atoms with Crippen LogP contribution in [0.3, 0.4) is 0 Å². The van der Waals surface area contributed by atoms with Crippen LogP contribution in [0.15, 0.2) is 30.3 Å². The van der Waals surface area contributed by atoms with Gasteiger partial charge in [0.2, 0.25) is 29.4 Å². The van der Waals surface area contributed by atoms with Crippen LogP contribution in [0.2, 0.25) is 0 Å². The molecule has 2 saturated carbocycles. The van der Waals surface area contributed by atoms with Gasteiger partial charge in [-0.05, 0) is 49.5 Å². The third kappa shape index (κ3) is 8.64. The average Bonchev–Trinajstić information content (AvgIpc) is 3.72. The molecule has 4 rings (SSSR count). The van der Waals surface area contributed by atoms with Crippen LogP contribution in [0.25, 0.3) is 0 Å². The van der Waals surface area contributed by atoms with Crippen molar-refractivity contribution in [3.63, 3.8) is 0 Å². The van der Waals surface area contributed by atoms with Crippen LogP contribution in [0.1, 0.15) is 75.8 Å². The fourth-order valence-electron chi connectivity index (χ4n) is 6.19. The number of nitrogens with zero attached hydrogens (tertiary/aromatic N) is 2. The molecule has 0 radical (unpaired) electrons. The van der Waals surface area contributed by atoms with Gasteiger partial charge in [-0.25, -0.2) is 0 Å². The molecule has 12 heteroatoms. The van der Waals surface area contributed by atoms with E-state index >= 15 is 0 Å². The number of hydrogen-bond donors (Lipinski definition) is 4. The predicted octanol–water partition coefficient (Wildman–Crippen LogP) is 0.801. The van der Waals surface area contributed by atoms with Crippen LogP contribution in [0.4, 0.5) is 0 Å². The molecular formula is C32H46N6O6. The Bertz CT molecular complexity index is 1210. The molecular weight excluding hydrogens is 564 g/mol. The molecule has 2 aliphatic carbocycles. The Balaban J connectivity index is 1.34. The second-order valence-corrected chi connectivity index (χ2v) is 12.5. The van der Waals surface area contributed by atoms with E-state index in [4.69, 9.17) is 5.73 Å². The maximum absolute atomic E-state index is 13.4. The maximum atomic E-state index is 13.4. The summed E-state index contributed by atoms with van der Waals surface area (Å²) in [5, 5.41) is 7.72. The van der Waals surface area contributed by atoms with Crippen LogP contribution in [0, 0.1) is 11.8 Å². The van der Waals surface area contributed by atoms with Crippen molar-refractivity contribution in [2.75, 3.05) is 27.2 Å². The number of likely N-dealkylation sites (tertiary alicyclic amines) is 1. The summed E-state index contributed by atoms with van der Waals surface area (Å²) in [7, 11) is 3.15. The first-order valence-electron chi connectivity index (χ1n) is 15.8. The van der Waals surface area contributed by atoms with Gasteiger partial charge < -0.3 is 31.5 Å². The van der Waals surface area contributed by atoms with Crippen molar-refractivity contribution in [3.8, 4) is 0 Å². The minimum absolute atomic E-state index is 0.106. The fraction of sp³-hybridized carbons (Fsp3) is 0.625. The highest BCUT2D eigenvalue weighted by Gasteiger charge is 2.41.